The van der Waals surface area contributed by atoms with Crippen LogP contribution in [0.25, 0.3) is 32.9 Å². The summed E-state index contributed by atoms with van der Waals surface area (Å²) in [5.41, 5.74) is 7.86. The number of ether oxygens (including phenoxy) is 2. The minimum atomic E-state index is -0.950. The summed E-state index contributed by atoms with van der Waals surface area (Å²) in [6.45, 7) is 13.2. The second kappa shape index (κ2) is 18.1. The number of hydrogen-bond donors (Lipinski definition) is 1. The number of fused-ring (bicyclic) bond motifs is 2. The molecule has 1 aliphatic heterocycles. The molecule has 2 aromatic heterocycles. The van der Waals surface area contributed by atoms with E-state index in [4.69, 9.17) is 19.6 Å². The predicted molar refractivity (Wildman–Crippen MR) is 271 cm³/mol. The van der Waals surface area contributed by atoms with Gasteiger partial charge < -0.3 is 19.5 Å². The first-order valence-electron chi connectivity index (χ1n) is 23.8. The first-order chi connectivity index (χ1) is 32.9. The van der Waals surface area contributed by atoms with Gasteiger partial charge in [0.1, 0.15) is 39.9 Å². The number of likely N-dealkylation sites (tertiary alicyclic amines) is 1. The number of carboxylic acid groups (broad SMARTS) is 1. The van der Waals surface area contributed by atoms with Gasteiger partial charge in [-0.25, -0.2) is 14.2 Å². The molecule has 0 radical (unpaired) electrons. The van der Waals surface area contributed by atoms with Crippen LogP contribution >= 0.6 is 11.8 Å². The highest BCUT2D eigenvalue weighted by atomic mass is 32.2. The van der Waals surface area contributed by atoms with Crippen molar-refractivity contribution in [3.05, 3.63) is 184 Å². The molecule has 1 N–H and O–H groups in total. The highest BCUT2D eigenvalue weighted by molar-refractivity contribution is 7.99. The lowest BCUT2D eigenvalue weighted by molar-refractivity contribution is 0.145. The first-order valence-corrected chi connectivity index (χ1v) is 24.8. The summed E-state index contributed by atoms with van der Waals surface area (Å²) in [4.78, 5) is 19.2. The molecule has 68 heavy (non-hydrogen) atoms. The van der Waals surface area contributed by atoms with Crippen LogP contribution in [-0.2, 0) is 11.0 Å². The van der Waals surface area contributed by atoms with Crippen molar-refractivity contribution in [3.8, 4) is 22.6 Å². The molecular weight excluding hydrogens is 868 g/mol. The normalized spacial score (nSPS) is 15.8. The first kappa shape index (κ1) is 45.1. The monoisotopic (exact) mass is 924 g/mol. The average molecular weight is 925 g/mol. The summed E-state index contributed by atoms with van der Waals surface area (Å²) in [7, 11) is 0. The van der Waals surface area contributed by atoms with E-state index in [2.05, 4.69) is 132 Å². The fraction of sp³-hybridized carbons (Fsp3) is 0.293. The number of hydrogen-bond acceptors (Lipinski definition) is 6. The van der Waals surface area contributed by atoms with Crippen LogP contribution in [0.5, 0.6) is 11.5 Å². The maximum absolute atomic E-state index is 17.1. The Morgan fingerprint density at radius 3 is 1.94 bits per heavy atom. The molecule has 0 bridgehead atoms. The van der Waals surface area contributed by atoms with Crippen molar-refractivity contribution in [3.63, 3.8) is 0 Å². The lowest BCUT2D eigenvalue weighted by Gasteiger charge is -2.36. The lowest BCUT2D eigenvalue weighted by atomic mass is 9.77. The van der Waals surface area contributed by atoms with Crippen LogP contribution in [0.4, 0.5) is 9.18 Å². The Morgan fingerprint density at radius 1 is 0.824 bits per heavy atom. The molecule has 346 valence electrons. The van der Waals surface area contributed by atoms with Gasteiger partial charge in [-0.3, -0.25) is 4.68 Å². The van der Waals surface area contributed by atoms with Crippen LogP contribution in [0.2, 0.25) is 0 Å². The van der Waals surface area contributed by atoms with Crippen LogP contribution in [0.1, 0.15) is 105 Å². The topological polar surface area (TPSA) is 89.7 Å². The Bertz CT molecular complexity index is 3040. The van der Waals surface area contributed by atoms with E-state index >= 15 is 4.39 Å². The Kier molecular flexibility index (Phi) is 12.0. The SMILES string of the molecule is CCSc1nc2c(OC(C)c3ccccc3)c(-c3c(C)c(F)cc4nn(C(c5ccccc5)(c5ccccc5)c5ccccc5)cc34)c(C3CC3)cc2c(O[C@H]2CCN(C(=O)O)C2)c1C(C)(C)C. The molecule has 1 aliphatic carbocycles. The third-order valence-corrected chi connectivity index (χ3v) is 14.5. The van der Waals surface area contributed by atoms with Crippen molar-refractivity contribution < 1.29 is 23.8 Å². The van der Waals surface area contributed by atoms with Crippen LogP contribution in [0.15, 0.2) is 145 Å². The van der Waals surface area contributed by atoms with Crippen molar-refractivity contribution in [2.24, 2.45) is 0 Å². The van der Waals surface area contributed by atoms with Gasteiger partial charge in [0.15, 0.2) is 5.75 Å². The van der Waals surface area contributed by atoms with Gasteiger partial charge >= 0.3 is 6.09 Å². The molecule has 0 spiro atoms. The lowest BCUT2D eigenvalue weighted by Crippen LogP contribution is -2.38. The van der Waals surface area contributed by atoms with E-state index < -0.39 is 23.2 Å². The zero-order valence-corrected chi connectivity index (χ0v) is 40.3. The number of rotatable bonds is 13. The molecule has 8 nitrogen and oxygen atoms in total. The number of thioether (sulfide) groups is 1. The largest absolute Gasteiger partial charge is 0.487 e. The van der Waals surface area contributed by atoms with Crippen LogP contribution in [-0.4, -0.2) is 55.8 Å². The molecular formula is C58H57FN4O4S. The van der Waals surface area contributed by atoms with E-state index in [1.54, 1.807) is 17.8 Å². The Labute approximate surface area is 402 Å². The molecule has 10 rings (SSSR count). The van der Waals surface area contributed by atoms with Gasteiger partial charge in [-0.2, -0.15) is 5.10 Å². The second-order valence-corrected chi connectivity index (χ2v) is 20.5. The van der Waals surface area contributed by atoms with E-state index in [1.807, 2.05) is 48.0 Å². The van der Waals surface area contributed by atoms with Crippen LogP contribution in [0.3, 0.4) is 0 Å². The van der Waals surface area contributed by atoms with Gasteiger partial charge in [-0.15, -0.1) is 11.8 Å². The number of nitrogens with zero attached hydrogens (tertiary/aromatic N) is 4. The maximum atomic E-state index is 17.1. The zero-order chi connectivity index (χ0) is 47.3. The van der Waals surface area contributed by atoms with Crippen molar-refractivity contribution in [2.45, 2.75) is 94.9 Å². The summed E-state index contributed by atoms with van der Waals surface area (Å²) in [6.07, 6.45) is 2.86. The summed E-state index contributed by atoms with van der Waals surface area (Å²) in [5.74, 6) is 1.82. The maximum Gasteiger partial charge on any atom is 0.407 e. The standard InChI is InChI=1S/C58H57FN4O4S/c1-7-68-55-51(57(4,5)6)53(67-43-30-31-62(34-43)56(64)65)45-32-44(39-28-29-39)50(54(52(45)60-55)66-37(3)38-20-12-8-13-21-38)49-36(2)47(59)33-48-46(49)35-63(61-48)58(40-22-14-9-15-23-40,41-24-16-10-17-25-41)42-26-18-11-19-27-42/h8-27,32-33,35,37,39,43H,7,28-31,34H2,1-6H3,(H,64,65)/t37?,43-/m0/s1. The third kappa shape index (κ3) is 8.06. The van der Waals surface area contributed by atoms with Crippen molar-refractivity contribution in [2.75, 3.05) is 18.8 Å². The van der Waals surface area contributed by atoms with Crippen LogP contribution < -0.4 is 9.47 Å². The van der Waals surface area contributed by atoms with E-state index in [1.165, 1.54) is 4.90 Å². The molecule has 1 saturated heterocycles. The van der Waals surface area contributed by atoms with E-state index in [-0.39, 0.29) is 24.4 Å². The molecule has 1 amide bonds. The highest BCUT2D eigenvalue weighted by Gasteiger charge is 2.41. The van der Waals surface area contributed by atoms with E-state index in [0.29, 0.717) is 41.1 Å². The third-order valence-electron chi connectivity index (χ3n) is 13.7. The fourth-order valence-electron chi connectivity index (χ4n) is 10.3. The van der Waals surface area contributed by atoms with Gasteiger partial charge in [0.2, 0.25) is 0 Å². The summed E-state index contributed by atoms with van der Waals surface area (Å²) < 4.78 is 33.7. The molecule has 2 aliphatic rings. The molecule has 3 heterocycles. The Hall–Kier alpha value is -6.65. The molecule has 2 fully saturated rings. The number of amides is 1. The Balaban J connectivity index is 1.31. The van der Waals surface area contributed by atoms with Crippen molar-refractivity contribution >= 4 is 39.7 Å². The molecule has 8 aromatic rings. The van der Waals surface area contributed by atoms with Crippen LogP contribution in [0, 0.1) is 12.7 Å². The Morgan fingerprint density at radius 2 is 1.41 bits per heavy atom. The molecule has 6 aromatic carbocycles. The van der Waals surface area contributed by atoms with Gasteiger partial charge in [0.05, 0.1) is 12.1 Å². The van der Waals surface area contributed by atoms with Crippen molar-refractivity contribution in [1.82, 2.24) is 19.7 Å². The number of aromatic nitrogens is 3. The quantitative estimate of drug-likeness (QED) is 0.0910. The van der Waals surface area contributed by atoms with Gasteiger partial charge in [-0.05, 0) is 83.2 Å². The predicted octanol–water partition coefficient (Wildman–Crippen LogP) is 14.1. The summed E-state index contributed by atoms with van der Waals surface area (Å²) in [6, 6.07) is 45.2. The number of benzene rings is 6. The number of halogens is 1. The van der Waals surface area contributed by atoms with Gasteiger partial charge in [0.25, 0.3) is 0 Å². The second-order valence-electron chi connectivity index (χ2n) is 19.2. The smallest absolute Gasteiger partial charge is 0.407 e. The number of pyridine rings is 1. The fourth-order valence-corrected chi connectivity index (χ4v) is 11.2. The average Bonchev–Trinajstić information content (AvgIpc) is 3.94. The summed E-state index contributed by atoms with van der Waals surface area (Å²) >= 11 is 1.65. The van der Waals surface area contributed by atoms with E-state index in [9.17, 15) is 9.90 Å². The number of carbonyl (C=O) groups is 1. The molecule has 2 atom stereocenters. The van der Waals surface area contributed by atoms with E-state index in [0.717, 1.165) is 78.9 Å². The van der Waals surface area contributed by atoms with Crippen molar-refractivity contribution in [1.29, 1.82) is 0 Å². The highest BCUT2D eigenvalue weighted by Crippen LogP contribution is 2.56. The molecule has 1 saturated carbocycles. The minimum Gasteiger partial charge on any atom is -0.487 e. The summed E-state index contributed by atoms with van der Waals surface area (Å²) in [5, 5.41) is 17.8. The minimum absolute atomic E-state index is 0.165. The van der Waals surface area contributed by atoms with Gasteiger partial charge in [-0.1, -0.05) is 149 Å². The molecule has 10 heteroatoms. The molecule has 1 unspecified atom stereocenters. The zero-order valence-electron chi connectivity index (χ0n) is 39.5. The van der Waals surface area contributed by atoms with Gasteiger partial charge in [0, 0.05) is 52.7 Å².